The Bertz CT molecular complexity index is 551. The van der Waals surface area contributed by atoms with Crippen molar-refractivity contribution in [2.24, 2.45) is 0 Å². The van der Waals surface area contributed by atoms with Gasteiger partial charge in [0.1, 0.15) is 11.0 Å². The van der Waals surface area contributed by atoms with Crippen molar-refractivity contribution in [3.63, 3.8) is 0 Å². The number of hydrogen-bond acceptors (Lipinski definition) is 4. The lowest BCUT2D eigenvalue weighted by molar-refractivity contribution is -0.117. The van der Waals surface area contributed by atoms with Crippen LogP contribution in [0.3, 0.4) is 0 Å². The van der Waals surface area contributed by atoms with Gasteiger partial charge in [0.15, 0.2) is 15.6 Å². The fourth-order valence-corrected chi connectivity index (χ4v) is 2.21. The van der Waals surface area contributed by atoms with Crippen LogP contribution in [0, 0.1) is 0 Å². The molecule has 0 aliphatic carbocycles. The molecule has 0 saturated heterocycles. The summed E-state index contributed by atoms with van der Waals surface area (Å²) in [5, 5.41) is -0.549. The first-order valence-electron chi connectivity index (χ1n) is 5.29. The smallest absolute Gasteiger partial charge is 0.157 e. The van der Waals surface area contributed by atoms with Crippen LogP contribution in [0.1, 0.15) is 12.5 Å². The van der Waals surface area contributed by atoms with Gasteiger partial charge in [-0.1, -0.05) is 11.6 Å². The molecule has 0 heterocycles. The molecular formula is C12H15ClO4S. The summed E-state index contributed by atoms with van der Waals surface area (Å²) in [6, 6.07) is 4.90. The highest BCUT2D eigenvalue weighted by Crippen LogP contribution is 2.24. The van der Waals surface area contributed by atoms with Crippen molar-refractivity contribution in [2.45, 2.75) is 18.6 Å². The predicted molar refractivity (Wildman–Crippen MR) is 71.0 cm³/mol. The average Bonchev–Trinajstić information content (AvgIpc) is 2.27. The summed E-state index contributed by atoms with van der Waals surface area (Å²) >= 11 is 5.84. The fraction of sp³-hybridized carbons (Fsp3) is 0.417. The standard InChI is InChI=1S/C12H15ClO4S/c1-8(18(3,15)16)11(14)7-9-6-10(13)4-5-12(9)17-2/h4-6,8H,7H2,1-3H3. The Morgan fingerprint density at radius 1 is 1.44 bits per heavy atom. The Kier molecular flexibility index (Phi) is 4.76. The number of methoxy groups -OCH3 is 1. The van der Waals surface area contributed by atoms with E-state index >= 15 is 0 Å². The largest absolute Gasteiger partial charge is 0.496 e. The number of carbonyl (C=O) groups excluding carboxylic acids is 1. The van der Waals surface area contributed by atoms with E-state index < -0.39 is 15.1 Å². The second kappa shape index (κ2) is 5.71. The van der Waals surface area contributed by atoms with E-state index in [1.54, 1.807) is 18.2 Å². The Balaban J connectivity index is 2.98. The Labute approximate surface area is 112 Å². The van der Waals surface area contributed by atoms with Crippen LogP contribution in [0.2, 0.25) is 5.02 Å². The second-order valence-corrected chi connectivity index (χ2v) is 6.87. The number of carbonyl (C=O) groups is 1. The maximum absolute atomic E-state index is 11.9. The predicted octanol–water partition coefficient (Wildman–Crippen LogP) is 1.89. The van der Waals surface area contributed by atoms with Gasteiger partial charge in [0.25, 0.3) is 0 Å². The molecule has 0 aromatic heterocycles. The van der Waals surface area contributed by atoms with Gasteiger partial charge < -0.3 is 4.74 Å². The molecule has 1 atom stereocenters. The summed E-state index contributed by atoms with van der Waals surface area (Å²) in [5.74, 6) is 0.145. The molecule has 0 aliphatic heterocycles. The van der Waals surface area contributed by atoms with Crippen molar-refractivity contribution in [3.8, 4) is 5.75 Å². The molecule has 0 spiro atoms. The van der Waals surface area contributed by atoms with Crippen LogP contribution in [0.4, 0.5) is 0 Å². The molecule has 1 unspecified atom stereocenters. The van der Waals surface area contributed by atoms with Gasteiger partial charge in [0, 0.05) is 23.3 Å². The molecule has 100 valence electrons. The zero-order valence-corrected chi connectivity index (χ0v) is 12.0. The molecule has 0 amide bonds. The summed E-state index contributed by atoms with van der Waals surface area (Å²) in [5.41, 5.74) is 0.588. The van der Waals surface area contributed by atoms with Gasteiger partial charge in [0.05, 0.1) is 7.11 Å². The first-order chi connectivity index (χ1) is 8.25. The third-order valence-corrected chi connectivity index (χ3v) is 4.49. The van der Waals surface area contributed by atoms with Gasteiger partial charge in [0.2, 0.25) is 0 Å². The molecule has 0 radical (unpaired) electrons. The van der Waals surface area contributed by atoms with Gasteiger partial charge in [-0.25, -0.2) is 8.42 Å². The van der Waals surface area contributed by atoms with Crippen molar-refractivity contribution >= 4 is 27.2 Å². The Hall–Kier alpha value is -1.07. The van der Waals surface area contributed by atoms with Crippen molar-refractivity contribution < 1.29 is 17.9 Å². The Morgan fingerprint density at radius 2 is 2.06 bits per heavy atom. The summed E-state index contributed by atoms with van der Waals surface area (Å²) in [4.78, 5) is 11.9. The van der Waals surface area contributed by atoms with Crippen molar-refractivity contribution in [1.82, 2.24) is 0 Å². The molecule has 0 bridgehead atoms. The third-order valence-electron chi connectivity index (χ3n) is 2.70. The molecule has 0 aliphatic rings. The van der Waals surface area contributed by atoms with Crippen molar-refractivity contribution in [2.75, 3.05) is 13.4 Å². The molecule has 1 aromatic rings. The van der Waals surface area contributed by atoms with E-state index in [4.69, 9.17) is 16.3 Å². The Morgan fingerprint density at radius 3 is 2.56 bits per heavy atom. The van der Waals surface area contributed by atoms with E-state index in [0.717, 1.165) is 6.26 Å². The second-order valence-electron chi connectivity index (χ2n) is 4.07. The van der Waals surface area contributed by atoms with E-state index in [0.29, 0.717) is 16.3 Å². The number of ether oxygens (including phenoxy) is 1. The van der Waals surface area contributed by atoms with Crippen LogP contribution in [0.5, 0.6) is 5.75 Å². The normalized spacial score (nSPS) is 13.1. The van der Waals surface area contributed by atoms with Crippen molar-refractivity contribution in [1.29, 1.82) is 0 Å². The van der Waals surface area contributed by atoms with Crippen LogP contribution >= 0.6 is 11.6 Å². The highest BCUT2D eigenvalue weighted by atomic mass is 35.5. The lowest BCUT2D eigenvalue weighted by Gasteiger charge is -2.11. The average molecular weight is 291 g/mol. The van der Waals surface area contributed by atoms with Gasteiger partial charge in [-0.05, 0) is 25.1 Å². The van der Waals surface area contributed by atoms with Crippen LogP contribution in [-0.2, 0) is 21.1 Å². The van der Waals surface area contributed by atoms with E-state index in [1.807, 2.05) is 0 Å². The van der Waals surface area contributed by atoms with Gasteiger partial charge in [-0.15, -0.1) is 0 Å². The minimum atomic E-state index is -3.38. The minimum absolute atomic E-state index is 0.0159. The summed E-state index contributed by atoms with van der Waals surface area (Å²) in [6.45, 7) is 1.38. The first-order valence-corrected chi connectivity index (χ1v) is 7.63. The minimum Gasteiger partial charge on any atom is -0.496 e. The number of ketones is 1. The van der Waals surface area contributed by atoms with E-state index in [2.05, 4.69) is 0 Å². The summed E-state index contributed by atoms with van der Waals surface area (Å²) < 4.78 is 27.7. The molecule has 1 rings (SSSR count). The number of sulfone groups is 1. The number of Topliss-reactive ketones (excluding diaryl/α,β-unsaturated/α-hetero) is 1. The zero-order valence-electron chi connectivity index (χ0n) is 10.4. The SMILES string of the molecule is COc1ccc(Cl)cc1CC(=O)C(C)S(C)(=O)=O. The van der Waals surface area contributed by atoms with Gasteiger partial charge >= 0.3 is 0 Å². The molecule has 0 fully saturated rings. The van der Waals surface area contributed by atoms with Gasteiger partial charge in [-0.3, -0.25) is 4.79 Å². The number of hydrogen-bond donors (Lipinski definition) is 0. The highest BCUT2D eigenvalue weighted by molar-refractivity contribution is 7.92. The quantitative estimate of drug-likeness (QED) is 0.831. The van der Waals surface area contributed by atoms with Crippen LogP contribution in [-0.4, -0.2) is 32.8 Å². The van der Waals surface area contributed by atoms with Gasteiger partial charge in [-0.2, -0.15) is 0 Å². The van der Waals surface area contributed by atoms with E-state index in [9.17, 15) is 13.2 Å². The zero-order chi connectivity index (χ0) is 13.9. The monoisotopic (exact) mass is 290 g/mol. The fourth-order valence-electron chi connectivity index (χ4n) is 1.46. The maximum Gasteiger partial charge on any atom is 0.157 e. The lowest BCUT2D eigenvalue weighted by Crippen LogP contribution is -2.27. The van der Waals surface area contributed by atoms with E-state index in [1.165, 1.54) is 14.0 Å². The maximum atomic E-state index is 11.9. The van der Waals surface area contributed by atoms with E-state index in [-0.39, 0.29) is 12.2 Å². The summed E-state index contributed by atoms with van der Waals surface area (Å²) in [6.07, 6.45) is 1.03. The molecule has 0 saturated carbocycles. The lowest BCUT2D eigenvalue weighted by atomic mass is 10.1. The summed E-state index contributed by atoms with van der Waals surface area (Å²) in [7, 11) is -1.89. The van der Waals surface area contributed by atoms with Crippen LogP contribution in [0.15, 0.2) is 18.2 Å². The topological polar surface area (TPSA) is 60.4 Å². The third kappa shape index (κ3) is 3.71. The molecule has 0 N–H and O–H groups in total. The first kappa shape index (κ1) is 15.0. The van der Waals surface area contributed by atoms with Crippen LogP contribution in [0.25, 0.3) is 0 Å². The molecule has 1 aromatic carbocycles. The molecular weight excluding hydrogens is 276 g/mol. The van der Waals surface area contributed by atoms with Crippen LogP contribution < -0.4 is 4.74 Å². The molecule has 6 heteroatoms. The number of benzene rings is 1. The molecule has 4 nitrogen and oxygen atoms in total. The number of halogens is 1. The van der Waals surface area contributed by atoms with Crippen molar-refractivity contribution in [3.05, 3.63) is 28.8 Å². The highest BCUT2D eigenvalue weighted by Gasteiger charge is 2.24. The number of rotatable bonds is 5. The molecule has 18 heavy (non-hydrogen) atoms.